The van der Waals surface area contributed by atoms with Crippen LogP contribution < -0.4 is 20.7 Å². The SMILES string of the molecule is CCN(CC)c1ccc2c(C)c(CCN3CC4(CCN(c5nccn6ccnc56)CC4)NC3=O)c(=O)oc2c1. The molecular formula is C29H35N7O3. The van der Waals surface area contributed by atoms with Crippen LogP contribution in [-0.4, -0.2) is 70.1 Å². The van der Waals surface area contributed by atoms with Gasteiger partial charge >= 0.3 is 11.7 Å². The molecule has 39 heavy (non-hydrogen) atoms. The molecular weight excluding hydrogens is 494 g/mol. The Morgan fingerprint density at radius 1 is 1.08 bits per heavy atom. The van der Waals surface area contributed by atoms with Crippen LogP contribution in [0, 0.1) is 6.92 Å². The van der Waals surface area contributed by atoms with E-state index in [4.69, 9.17) is 4.42 Å². The molecule has 2 aliphatic rings. The van der Waals surface area contributed by atoms with Crippen molar-refractivity contribution in [1.29, 1.82) is 0 Å². The second kappa shape index (κ2) is 9.91. The molecule has 0 bridgehead atoms. The Morgan fingerprint density at radius 3 is 2.56 bits per heavy atom. The van der Waals surface area contributed by atoms with Crippen molar-refractivity contribution in [2.24, 2.45) is 0 Å². The Hall–Kier alpha value is -4.08. The molecule has 2 saturated heterocycles. The largest absolute Gasteiger partial charge is 0.422 e. The maximum atomic E-state index is 13.0. The summed E-state index contributed by atoms with van der Waals surface area (Å²) in [7, 11) is 0. The van der Waals surface area contributed by atoms with Gasteiger partial charge in [0.15, 0.2) is 11.5 Å². The van der Waals surface area contributed by atoms with Crippen molar-refractivity contribution in [3.8, 4) is 0 Å². The number of carbonyl (C=O) groups is 1. The number of fused-ring (bicyclic) bond motifs is 2. The molecule has 0 aliphatic carbocycles. The van der Waals surface area contributed by atoms with E-state index in [2.05, 4.69) is 45.0 Å². The molecule has 5 heterocycles. The molecule has 10 nitrogen and oxygen atoms in total. The van der Waals surface area contributed by atoms with E-state index in [1.54, 1.807) is 12.4 Å². The summed E-state index contributed by atoms with van der Waals surface area (Å²) in [5, 5.41) is 4.20. The second-order valence-electron chi connectivity index (χ2n) is 10.6. The minimum atomic E-state index is -0.319. The quantitative estimate of drug-likeness (QED) is 0.365. The average Bonchev–Trinajstić information content (AvgIpc) is 3.54. The molecule has 2 amide bonds. The number of amides is 2. The van der Waals surface area contributed by atoms with Gasteiger partial charge in [0, 0.05) is 86.8 Å². The minimum absolute atomic E-state index is 0.0661. The number of carbonyl (C=O) groups excluding carboxylic acids is 1. The van der Waals surface area contributed by atoms with Crippen molar-refractivity contribution >= 4 is 34.2 Å². The van der Waals surface area contributed by atoms with Gasteiger partial charge in [-0.25, -0.2) is 19.6 Å². The fourth-order valence-electron chi connectivity index (χ4n) is 6.16. The number of piperidine rings is 1. The lowest BCUT2D eigenvalue weighted by atomic mass is 9.88. The van der Waals surface area contributed by atoms with Gasteiger partial charge < -0.3 is 28.8 Å². The Bertz CT molecular complexity index is 1580. The van der Waals surface area contributed by atoms with Gasteiger partial charge in [0.1, 0.15) is 5.58 Å². The number of nitrogens with zero attached hydrogens (tertiary/aromatic N) is 6. The first kappa shape index (κ1) is 25.2. The molecule has 0 atom stereocenters. The Balaban J connectivity index is 1.13. The third-order valence-corrected chi connectivity index (χ3v) is 8.50. The van der Waals surface area contributed by atoms with E-state index in [1.165, 1.54) is 0 Å². The van der Waals surface area contributed by atoms with Crippen molar-refractivity contribution in [3.63, 3.8) is 0 Å². The zero-order valence-corrected chi connectivity index (χ0v) is 22.8. The van der Waals surface area contributed by atoms with E-state index in [-0.39, 0.29) is 17.2 Å². The van der Waals surface area contributed by atoms with Crippen molar-refractivity contribution < 1.29 is 9.21 Å². The number of nitrogens with one attached hydrogen (secondary N) is 1. The molecule has 2 aliphatic heterocycles. The van der Waals surface area contributed by atoms with Gasteiger partial charge in [-0.2, -0.15) is 0 Å². The summed E-state index contributed by atoms with van der Waals surface area (Å²) in [6.07, 6.45) is 9.50. The van der Waals surface area contributed by atoms with Gasteiger partial charge in [-0.1, -0.05) is 0 Å². The van der Waals surface area contributed by atoms with Gasteiger partial charge in [0.05, 0.1) is 5.54 Å². The van der Waals surface area contributed by atoms with Gasteiger partial charge in [-0.3, -0.25) is 0 Å². The number of imidazole rings is 1. The van der Waals surface area contributed by atoms with E-state index in [1.807, 2.05) is 40.8 Å². The van der Waals surface area contributed by atoms with E-state index in [0.717, 1.165) is 67.1 Å². The summed E-state index contributed by atoms with van der Waals surface area (Å²) in [5.41, 5.74) is 3.48. The van der Waals surface area contributed by atoms with E-state index in [0.29, 0.717) is 30.7 Å². The van der Waals surface area contributed by atoms with E-state index >= 15 is 0 Å². The molecule has 4 aromatic rings. The highest BCUT2D eigenvalue weighted by molar-refractivity contribution is 5.84. The predicted molar refractivity (Wildman–Crippen MR) is 152 cm³/mol. The van der Waals surface area contributed by atoms with Crippen LogP contribution in [0.5, 0.6) is 0 Å². The van der Waals surface area contributed by atoms with Crippen LogP contribution in [-0.2, 0) is 6.42 Å². The first-order valence-corrected chi connectivity index (χ1v) is 13.8. The molecule has 10 heteroatoms. The highest BCUT2D eigenvalue weighted by Crippen LogP contribution is 2.31. The molecule has 3 aromatic heterocycles. The normalized spacial score (nSPS) is 16.9. The first-order valence-electron chi connectivity index (χ1n) is 13.8. The summed E-state index contributed by atoms with van der Waals surface area (Å²) in [6, 6.07) is 6.00. The van der Waals surface area contributed by atoms with Crippen molar-refractivity contribution in [3.05, 3.63) is 64.5 Å². The smallest absolute Gasteiger partial charge is 0.339 e. The molecule has 1 N–H and O–H groups in total. The average molecular weight is 530 g/mol. The fourth-order valence-corrected chi connectivity index (χ4v) is 6.16. The Kier molecular flexibility index (Phi) is 6.40. The topological polar surface area (TPSA) is 99.2 Å². The summed E-state index contributed by atoms with van der Waals surface area (Å²) in [5.74, 6) is 0.876. The number of hydrogen-bond donors (Lipinski definition) is 1. The summed E-state index contributed by atoms with van der Waals surface area (Å²) in [6.45, 7) is 10.6. The number of hydrogen-bond acceptors (Lipinski definition) is 7. The van der Waals surface area contributed by atoms with Crippen LogP contribution in [0.3, 0.4) is 0 Å². The Morgan fingerprint density at radius 2 is 1.82 bits per heavy atom. The van der Waals surface area contributed by atoms with Crippen LogP contribution in [0.25, 0.3) is 16.6 Å². The maximum Gasteiger partial charge on any atom is 0.339 e. The third-order valence-electron chi connectivity index (χ3n) is 8.50. The van der Waals surface area contributed by atoms with Crippen molar-refractivity contribution in [1.82, 2.24) is 24.6 Å². The maximum absolute atomic E-state index is 13.0. The first-order chi connectivity index (χ1) is 18.9. The van der Waals surface area contributed by atoms with Crippen LogP contribution >= 0.6 is 0 Å². The lowest BCUT2D eigenvalue weighted by Gasteiger charge is -2.39. The highest BCUT2D eigenvalue weighted by Gasteiger charge is 2.44. The van der Waals surface area contributed by atoms with Crippen molar-refractivity contribution in [2.75, 3.05) is 49.1 Å². The van der Waals surface area contributed by atoms with Gasteiger partial charge in [-0.15, -0.1) is 0 Å². The molecule has 1 spiro atoms. The number of aryl methyl sites for hydroxylation is 1. The predicted octanol–water partition coefficient (Wildman–Crippen LogP) is 3.60. The number of aromatic nitrogens is 3. The summed E-state index contributed by atoms with van der Waals surface area (Å²) < 4.78 is 7.74. The number of rotatable bonds is 7. The standard InChI is InChI=1S/C29H35N7O3/c1-4-33(5-2)21-6-7-22-20(3)23(27(37)39-24(22)18-21)8-13-36-19-29(32-28(36)38)9-14-34(15-10-29)25-26-31-12-17-35(26)16-11-30-25/h6-7,11-12,16-18H,4-5,8-10,13-15,19H2,1-3H3,(H,32,38). The van der Waals surface area contributed by atoms with Gasteiger partial charge in [0.25, 0.3) is 0 Å². The van der Waals surface area contributed by atoms with Crippen LogP contribution in [0.4, 0.5) is 16.3 Å². The minimum Gasteiger partial charge on any atom is -0.422 e. The third kappa shape index (κ3) is 4.47. The molecule has 0 radical (unpaired) electrons. The van der Waals surface area contributed by atoms with E-state index in [9.17, 15) is 9.59 Å². The molecule has 2 fully saturated rings. The number of benzene rings is 1. The van der Waals surface area contributed by atoms with Crippen molar-refractivity contribution in [2.45, 2.75) is 45.6 Å². The molecule has 6 rings (SSSR count). The highest BCUT2D eigenvalue weighted by atomic mass is 16.4. The molecule has 1 aromatic carbocycles. The van der Waals surface area contributed by atoms with Gasteiger partial charge in [0.2, 0.25) is 0 Å². The zero-order valence-electron chi connectivity index (χ0n) is 22.8. The Labute approximate surface area is 227 Å². The number of anilines is 2. The summed E-state index contributed by atoms with van der Waals surface area (Å²) in [4.78, 5) is 41.3. The van der Waals surface area contributed by atoms with Crippen LogP contribution in [0.1, 0.15) is 37.8 Å². The van der Waals surface area contributed by atoms with Crippen LogP contribution in [0.2, 0.25) is 0 Å². The molecule has 0 unspecified atom stereocenters. The second-order valence-corrected chi connectivity index (χ2v) is 10.6. The monoisotopic (exact) mass is 529 g/mol. The van der Waals surface area contributed by atoms with E-state index < -0.39 is 0 Å². The van der Waals surface area contributed by atoms with Gasteiger partial charge in [-0.05, 0) is 57.7 Å². The number of urea groups is 1. The summed E-state index contributed by atoms with van der Waals surface area (Å²) >= 11 is 0. The lowest BCUT2D eigenvalue weighted by molar-refractivity contribution is 0.217. The molecule has 204 valence electrons. The zero-order chi connectivity index (χ0) is 27.1. The molecule has 0 saturated carbocycles. The van der Waals surface area contributed by atoms with Crippen LogP contribution in [0.15, 0.2) is 52.2 Å². The fraction of sp³-hybridized carbons (Fsp3) is 0.448. The lowest BCUT2D eigenvalue weighted by Crippen LogP contribution is -2.52.